The van der Waals surface area contributed by atoms with Crippen LogP contribution < -0.4 is 0 Å². The molecule has 92 valence electrons. The average Bonchev–Trinajstić information content (AvgIpc) is 2.52. The van der Waals surface area contributed by atoms with Crippen molar-refractivity contribution in [1.82, 2.24) is 14.4 Å². The van der Waals surface area contributed by atoms with E-state index in [0.29, 0.717) is 10.3 Å². The summed E-state index contributed by atoms with van der Waals surface area (Å²) < 4.78 is 51.6. The Balaban J connectivity index is 2.52. The summed E-state index contributed by atoms with van der Waals surface area (Å²) in [5.41, 5.74) is 0.111. The van der Waals surface area contributed by atoms with Crippen molar-refractivity contribution >= 4 is 21.6 Å². The molecule has 17 heavy (non-hydrogen) atoms. The fourth-order valence-corrected chi connectivity index (χ4v) is 1.72. The van der Waals surface area contributed by atoms with Gasteiger partial charge in [0.25, 0.3) is 0 Å². The van der Waals surface area contributed by atoms with E-state index in [1.165, 1.54) is 4.40 Å². The molecule has 8 heteroatoms. The number of imidazole rings is 1. The lowest BCUT2D eigenvalue weighted by molar-refractivity contribution is -0.183. The molecule has 1 unspecified atom stereocenters. The van der Waals surface area contributed by atoms with Crippen LogP contribution in [0.1, 0.15) is 17.6 Å². The number of nitrogens with zero attached hydrogens (tertiary/aromatic N) is 3. The first-order chi connectivity index (χ1) is 7.80. The second kappa shape index (κ2) is 3.94. The van der Waals surface area contributed by atoms with Gasteiger partial charge in [0.15, 0.2) is 0 Å². The van der Waals surface area contributed by atoms with E-state index in [2.05, 4.69) is 25.9 Å². The minimum absolute atomic E-state index is 0.214. The molecule has 0 aliphatic rings. The van der Waals surface area contributed by atoms with Gasteiger partial charge in [0.2, 0.25) is 6.17 Å². The third-order valence-electron chi connectivity index (χ3n) is 2.19. The summed E-state index contributed by atoms with van der Waals surface area (Å²) in [7, 11) is 0. The number of alkyl halides is 4. The SMILES string of the molecule is Cc1nc2cc(C(F)C(F)(F)F)ncn2c1Br. The van der Waals surface area contributed by atoms with Gasteiger partial charge in [-0.1, -0.05) is 0 Å². The molecule has 2 heterocycles. The van der Waals surface area contributed by atoms with Crippen molar-refractivity contribution in [3.8, 4) is 0 Å². The van der Waals surface area contributed by atoms with Crippen LogP contribution in [0.5, 0.6) is 0 Å². The number of aromatic nitrogens is 3. The van der Waals surface area contributed by atoms with Gasteiger partial charge >= 0.3 is 6.18 Å². The van der Waals surface area contributed by atoms with Gasteiger partial charge in [0.1, 0.15) is 16.6 Å². The Morgan fingerprint density at radius 1 is 1.41 bits per heavy atom. The number of fused-ring (bicyclic) bond motifs is 1. The highest BCUT2D eigenvalue weighted by molar-refractivity contribution is 9.10. The third kappa shape index (κ3) is 2.13. The van der Waals surface area contributed by atoms with E-state index in [4.69, 9.17) is 0 Å². The molecule has 0 saturated heterocycles. The number of aryl methyl sites for hydroxylation is 1. The van der Waals surface area contributed by atoms with Crippen molar-refractivity contribution in [3.05, 3.63) is 28.4 Å². The lowest BCUT2D eigenvalue weighted by atomic mass is 10.2. The van der Waals surface area contributed by atoms with Crippen LogP contribution in [0.25, 0.3) is 5.65 Å². The molecule has 2 rings (SSSR count). The maximum Gasteiger partial charge on any atom is 0.425 e. The van der Waals surface area contributed by atoms with Crippen molar-refractivity contribution in [2.24, 2.45) is 0 Å². The summed E-state index contributed by atoms with van der Waals surface area (Å²) >= 11 is 3.20. The first kappa shape index (κ1) is 12.3. The number of hydrogen-bond acceptors (Lipinski definition) is 2. The van der Waals surface area contributed by atoms with E-state index < -0.39 is 18.0 Å². The van der Waals surface area contributed by atoms with Gasteiger partial charge in [0.05, 0.1) is 11.4 Å². The molecule has 0 spiro atoms. The summed E-state index contributed by atoms with van der Waals surface area (Å²) in [6.45, 7) is 1.67. The van der Waals surface area contributed by atoms with E-state index in [0.717, 1.165) is 12.4 Å². The Morgan fingerprint density at radius 3 is 2.65 bits per heavy atom. The number of rotatable bonds is 1. The van der Waals surface area contributed by atoms with E-state index in [1.54, 1.807) is 6.92 Å². The van der Waals surface area contributed by atoms with Crippen LogP contribution in [0.15, 0.2) is 17.0 Å². The van der Waals surface area contributed by atoms with Crippen LogP contribution >= 0.6 is 15.9 Å². The van der Waals surface area contributed by atoms with Crippen molar-refractivity contribution in [2.75, 3.05) is 0 Å². The predicted octanol–water partition coefficient (Wildman–Crippen LogP) is 3.37. The molecule has 0 saturated carbocycles. The van der Waals surface area contributed by atoms with Crippen molar-refractivity contribution in [2.45, 2.75) is 19.3 Å². The molecule has 0 bridgehead atoms. The number of hydrogen-bond donors (Lipinski definition) is 0. The summed E-state index contributed by atoms with van der Waals surface area (Å²) in [6.07, 6.45) is -6.94. The molecular weight excluding hydrogens is 306 g/mol. The monoisotopic (exact) mass is 311 g/mol. The maximum atomic E-state index is 13.0. The van der Waals surface area contributed by atoms with Gasteiger partial charge in [-0.3, -0.25) is 4.40 Å². The Hall–Kier alpha value is -1.18. The maximum absolute atomic E-state index is 13.0. The lowest BCUT2D eigenvalue weighted by Crippen LogP contribution is -2.17. The topological polar surface area (TPSA) is 30.2 Å². The summed E-state index contributed by atoms with van der Waals surface area (Å²) in [5, 5.41) is 0. The standard InChI is InChI=1S/C9H6BrF4N3/c1-4-8(10)17-3-15-5(2-6(17)16-4)7(11)9(12,13)14/h2-3,7H,1H3. The number of halogens is 5. The molecule has 0 fully saturated rings. The van der Waals surface area contributed by atoms with Gasteiger partial charge in [-0.15, -0.1) is 0 Å². The molecule has 0 aliphatic carbocycles. The normalized spacial score (nSPS) is 14.2. The minimum Gasteiger partial charge on any atom is -0.277 e. The van der Waals surface area contributed by atoms with Gasteiger partial charge in [-0.2, -0.15) is 13.2 Å². The quantitative estimate of drug-likeness (QED) is 0.756. The average molecular weight is 312 g/mol. The zero-order valence-corrected chi connectivity index (χ0v) is 10.0. The zero-order valence-electron chi connectivity index (χ0n) is 8.46. The predicted molar refractivity (Wildman–Crippen MR) is 55.3 cm³/mol. The molecule has 2 aromatic rings. The first-order valence-corrected chi connectivity index (χ1v) is 5.31. The highest BCUT2D eigenvalue weighted by Crippen LogP contribution is 2.35. The third-order valence-corrected chi connectivity index (χ3v) is 3.14. The molecule has 2 aromatic heterocycles. The Labute approximate surface area is 102 Å². The molecule has 0 aromatic carbocycles. The van der Waals surface area contributed by atoms with Crippen LogP contribution in [0.3, 0.4) is 0 Å². The second-order valence-corrected chi connectivity index (χ2v) is 4.19. The Bertz CT molecular complexity index is 563. The van der Waals surface area contributed by atoms with Crippen LogP contribution in [0.2, 0.25) is 0 Å². The largest absolute Gasteiger partial charge is 0.425 e. The van der Waals surface area contributed by atoms with Gasteiger partial charge < -0.3 is 0 Å². The smallest absolute Gasteiger partial charge is 0.277 e. The summed E-state index contributed by atoms with van der Waals surface area (Å²) in [6, 6.07) is 0.982. The van der Waals surface area contributed by atoms with Crippen molar-refractivity contribution < 1.29 is 17.6 Å². The summed E-state index contributed by atoms with van der Waals surface area (Å²) in [4.78, 5) is 7.43. The van der Waals surface area contributed by atoms with Crippen LogP contribution in [0.4, 0.5) is 17.6 Å². The fourth-order valence-electron chi connectivity index (χ4n) is 1.36. The summed E-state index contributed by atoms with van der Waals surface area (Å²) in [5.74, 6) is 0. The molecule has 0 radical (unpaired) electrons. The van der Waals surface area contributed by atoms with E-state index >= 15 is 0 Å². The first-order valence-electron chi connectivity index (χ1n) is 4.51. The van der Waals surface area contributed by atoms with Crippen LogP contribution in [-0.4, -0.2) is 20.5 Å². The van der Waals surface area contributed by atoms with Crippen molar-refractivity contribution in [3.63, 3.8) is 0 Å². The molecule has 3 nitrogen and oxygen atoms in total. The van der Waals surface area contributed by atoms with Gasteiger partial charge in [-0.25, -0.2) is 14.4 Å². The van der Waals surface area contributed by atoms with Crippen LogP contribution in [-0.2, 0) is 0 Å². The highest BCUT2D eigenvalue weighted by Gasteiger charge is 2.42. The Morgan fingerprint density at radius 2 is 2.06 bits per heavy atom. The zero-order chi connectivity index (χ0) is 12.8. The molecule has 1 atom stereocenters. The van der Waals surface area contributed by atoms with Crippen LogP contribution in [0, 0.1) is 6.92 Å². The van der Waals surface area contributed by atoms with E-state index in [1.807, 2.05) is 0 Å². The molecule has 0 amide bonds. The fraction of sp³-hybridized carbons (Fsp3) is 0.333. The van der Waals surface area contributed by atoms with E-state index in [9.17, 15) is 17.6 Å². The lowest BCUT2D eigenvalue weighted by Gasteiger charge is -2.11. The molecule has 0 aliphatic heterocycles. The van der Waals surface area contributed by atoms with Gasteiger partial charge in [0, 0.05) is 6.07 Å². The molecule has 0 N–H and O–H groups in total. The van der Waals surface area contributed by atoms with Gasteiger partial charge in [-0.05, 0) is 22.9 Å². The molecular formula is C9H6BrF4N3. The highest BCUT2D eigenvalue weighted by atomic mass is 79.9. The second-order valence-electron chi connectivity index (χ2n) is 3.43. The minimum atomic E-state index is -4.95. The van der Waals surface area contributed by atoms with E-state index in [-0.39, 0.29) is 5.65 Å². The van der Waals surface area contributed by atoms with Crippen molar-refractivity contribution in [1.29, 1.82) is 0 Å². The Kier molecular flexibility index (Phi) is 2.84.